The molecule has 0 heterocycles. The van der Waals surface area contributed by atoms with E-state index in [1.165, 1.54) is 0 Å². The molecular weight excluding hydrogens is 176 g/mol. The van der Waals surface area contributed by atoms with Gasteiger partial charge in [0, 0.05) is 6.61 Å². The summed E-state index contributed by atoms with van der Waals surface area (Å²) in [4.78, 5) is 0. The first-order valence-corrected chi connectivity index (χ1v) is 5.62. The number of ether oxygens (including phenoxy) is 1. The monoisotopic (exact) mass is 202 g/mol. The second-order valence-electron chi connectivity index (χ2n) is 5.34. The van der Waals surface area contributed by atoms with Gasteiger partial charge >= 0.3 is 0 Å². The Morgan fingerprint density at radius 1 is 1.29 bits per heavy atom. The summed E-state index contributed by atoms with van der Waals surface area (Å²) in [7, 11) is 0. The van der Waals surface area contributed by atoms with E-state index in [9.17, 15) is 5.11 Å². The highest BCUT2D eigenvalue weighted by atomic mass is 16.5. The lowest BCUT2D eigenvalue weighted by molar-refractivity contribution is 0.00126. The summed E-state index contributed by atoms with van der Waals surface area (Å²) in [5, 5.41) is 9.62. The molecule has 0 spiro atoms. The molecule has 0 aliphatic rings. The van der Waals surface area contributed by atoms with Crippen LogP contribution in [-0.2, 0) is 4.74 Å². The van der Waals surface area contributed by atoms with E-state index in [0.717, 1.165) is 19.4 Å². The molecule has 0 aromatic heterocycles. The molecule has 2 unspecified atom stereocenters. The van der Waals surface area contributed by atoms with Gasteiger partial charge in [-0.25, -0.2) is 0 Å². The van der Waals surface area contributed by atoms with E-state index in [2.05, 4.69) is 34.6 Å². The maximum atomic E-state index is 9.62. The fourth-order valence-electron chi connectivity index (χ4n) is 1.02. The van der Waals surface area contributed by atoms with Crippen LogP contribution in [0.1, 0.15) is 47.5 Å². The zero-order valence-corrected chi connectivity index (χ0v) is 10.3. The predicted octanol–water partition coefficient (Wildman–Crippen LogP) is 2.85. The molecule has 0 aromatic rings. The highest BCUT2D eigenvalue weighted by molar-refractivity contribution is 4.63. The average molecular weight is 202 g/mol. The largest absolute Gasteiger partial charge is 0.390 e. The number of aliphatic hydroxyl groups excluding tert-OH is 1. The zero-order chi connectivity index (χ0) is 11.2. The van der Waals surface area contributed by atoms with Gasteiger partial charge in [0.05, 0.1) is 12.7 Å². The minimum Gasteiger partial charge on any atom is -0.390 e. The van der Waals surface area contributed by atoms with Crippen molar-refractivity contribution in [2.45, 2.75) is 53.6 Å². The van der Waals surface area contributed by atoms with E-state index < -0.39 is 0 Å². The van der Waals surface area contributed by atoms with E-state index in [1.54, 1.807) is 0 Å². The van der Waals surface area contributed by atoms with Crippen molar-refractivity contribution in [3.05, 3.63) is 0 Å². The average Bonchev–Trinajstić information content (AvgIpc) is 2.09. The molecule has 0 aromatic carbocycles. The smallest absolute Gasteiger partial charge is 0.0799 e. The van der Waals surface area contributed by atoms with Crippen LogP contribution in [0.15, 0.2) is 0 Å². The fraction of sp³-hybridized carbons (Fsp3) is 1.00. The summed E-state index contributed by atoms with van der Waals surface area (Å²) in [5.41, 5.74) is 0.321. The molecule has 0 bridgehead atoms. The van der Waals surface area contributed by atoms with Crippen LogP contribution in [0.4, 0.5) is 0 Å². The molecule has 0 aliphatic carbocycles. The van der Waals surface area contributed by atoms with Crippen molar-refractivity contribution < 1.29 is 9.84 Å². The Balaban J connectivity index is 3.45. The lowest BCUT2D eigenvalue weighted by atomic mass is 9.93. The van der Waals surface area contributed by atoms with Gasteiger partial charge in [0.1, 0.15) is 0 Å². The maximum absolute atomic E-state index is 9.62. The Labute approximate surface area is 88.7 Å². The molecule has 0 amide bonds. The third-order valence-electron chi connectivity index (χ3n) is 2.59. The standard InChI is InChI=1S/C12H26O2/c1-6-10(2)11(13)9-14-8-7-12(3,4)5/h10-11,13H,6-9H2,1-5H3. The number of rotatable bonds is 6. The summed E-state index contributed by atoms with van der Waals surface area (Å²) in [6.07, 6.45) is 1.74. The van der Waals surface area contributed by atoms with E-state index in [4.69, 9.17) is 4.74 Å². The van der Waals surface area contributed by atoms with Crippen LogP contribution in [0.25, 0.3) is 0 Å². The van der Waals surface area contributed by atoms with Crippen LogP contribution in [0, 0.1) is 11.3 Å². The highest BCUT2D eigenvalue weighted by Gasteiger charge is 2.13. The summed E-state index contributed by atoms with van der Waals surface area (Å²) in [6, 6.07) is 0. The minimum absolute atomic E-state index is 0.306. The Morgan fingerprint density at radius 2 is 1.86 bits per heavy atom. The van der Waals surface area contributed by atoms with Crippen molar-refractivity contribution in [3.8, 4) is 0 Å². The van der Waals surface area contributed by atoms with Crippen LogP contribution < -0.4 is 0 Å². The Kier molecular flexibility index (Phi) is 6.38. The van der Waals surface area contributed by atoms with Gasteiger partial charge in [0.2, 0.25) is 0 Å². The third-order valence-corrected chi connectivity index (χ3v) is 2.59. The van der Waals surface area contributed by atoms with Crippen LogP contribution in [0.2, 0.25) is 0 Å². The van der Waals surface area contributed by atoms with E-state index in [0.29, 0.717) is 17.9 Å². The first kappa shape index (κ1) is 13.9. The molecule has 0 aliphatic heterocycles. The predicted molar refractivity (Wildman–Crippen MR) is 60.4 cm³/mol. The van der Waals surface area contributed by atoms with Crippen molar-refractivity contribution in [3.63, 3.8) is 0 Å². The van der Waals surface area contributed by atoms with Crippen molar-refractivity contribution in [2.75, 3.05) is 13.2 Å². The van der Waals surface area contributed by atoms with Gasteiger partial charge in [0.25, 0.3) is 0 Å². The van der Waals surface area contributed by atoms with Gasteiger partial charge in [-0.3, -0.25) is 0 Å². The molecule has 1 N–H and O–H groups in total. The number of hydrogen-bond donors (Lipinski definition) is 1. The number of aliphatic hydroxyl groups is 1. The van der Waals surface area contributed by atoms with Crippen LogP contribution in [-0.4, -0.2) is 24.4 Å². The molecule has 0 fully saturated rings. The molecule has 2 nitrogen and oxygen atoms in total. The molecule has 0 saturated carbocycles. The maximum Gasteiger partial charge on any atom is 0.0799 e. The van der Waals surface area contributed by atoms with E-state index in [-0.39, 0.29) is 6.10 Å². The Bertz CT molecular complexity index is 138. The first-order chi connectivity index (χ1) is 6.37. The quantitative estimate of drug-likeness (QED) is 0.671. The van der Waals surface area contributed by atoms with Gasteiger partial charge in [-0.15, -0.1) is 0 Å². The highest BCUT2D eigenvalue weighted by Crippen LogP contribution is 2.18. The lowest BCUT2D eigenvalue weighted by Gasteiger charge is -2.20. The van der Waals surface area contributed by atoms with Gasteiger partial charge in [-0.2, -0.15) is 0 Å². The molecular formula is C12H26O2. The fourth-order valence-corrected chi connectivity index (χ4v) is 1.02. The van der Waals surface area contributed by atoms with Gasteiger partial charge in [0.15, 0.2) is 0 Å². The minimum atomic E-state index is -0.306. The second kappa shape index (κ2) is 6.41. The molecule has 0 saturated heterocycles. The van der Waals surface area contributed by atoms with Crippen LogP contribution in [0.3, 0.4) is 0 Å². The normalized spacial score (nSPS) is 16.7. The lowest BCUT2D eigenvalue weighted by Crippen LogP contribution is -2.24. The van der Waals surface area contributed by atoms with Crippen molar-refractivity contribution in [1.82, 2.24) is 0 Å². The summed E-state index contributed by atoms with van der Waals surface area (Å²) in [6.45, 7) is 12.0. The first-order valence-electron chi connectivity index (χ1n) is 5.62. The topological polar surface area (TPSA) is 29.5 Å². The Morgan fingerprint density at radius 3 is 2.29 bits per heavy atom. The van der Waals surface area contributed by atoms with Crippen molar-refractivity contribution >= 4 is 0 Å². The van der Waals surface area contributed by atoms with Crippen molar-refractivity contribution in [2.24, 2.45) is 11.3 Å². The van der Waals surface area contributed by atoms with Crippen molar-refractivity contribution in [1.29, 1.82) is 0 Å². The SMILES string of the molecule is CCC(C)C(O)COCCC(C)(C)C. The van der Waals surface area contributed by atoms with E-state index in [1.807, 2.05) is 0 Å². The molecule has 2 heteroatoms. The molecule has 2 atom stereocenters. The summed E-state index contributed by atoms with van der Waals surface area (Å²) < 4.78 is 5.44. The Hall–Kier alpha value is -0.0800. The molecule has 86 valence electrons. The number of hydrogen-bond acceptors (Lipinski definition) is 2. The molecule has 0 radical (unpaired) electrons. The molecule has 0 rings (SSSR count). The van der Waals surface area contributed by atoms with E-state index >= 15 is 0 Å². The van der Waals surface area contributed by atoms with Gasteiger partial charge in [-0.05, 0) is 17.8 Å². The van der Waals surface area contributed by atoms with Gasteiger partial charge in [-0.1, -0.05) is 41.0 Å². The molecule has 14 heavy (non-hydrogen) atoms. The second-order valence-corrected chi connectivity index (χ2v) is 5.34. The zero-order valence-electron chi connectivity index (χ0n) is 10.3. The summed E-state index contributed by atoms with van der Waals surface area (Å²) >= 11 is 0. The van der Waals surface area contributed by atoms with Crippen LogP contribution in [0.5, 0.6) is 0 Å². The van der Waals surface area contributed by atoms with Gasteiger partial charge < -0.3 is 9.84 Å². The van der Waals surface area contributed by atoms with Crippen LogP contribution >= 0.6 is 0 Å². The summed E-state index contributed by atoms with van der Waals surface area (Å²) in [5.74, 6) is 0.338. The third kappa shape index (κ3) is 7.34.